The highest BCUT2D eigenvalue weighted by Crippen LogP contribution is 2.30. The Morgan fingerprint density at radius 2 is 2.21 bits per heavy atom. The molecular formula is C20H29FN4O3. The van der Waals surface area contributed by atoms with Crippen molar-refractivity contribution in [3.63, 3.8) is 0 Å². The van der Waals surface area contributed by atoms with Crippen LogP contribution < -0.4 is 15.8 Å². The Bertz CT molecular complexity index is 779. The van der Waals surface area contributed by atoms with Crippen LogP contribution in [-0.4, -0.2) is 29.7 Å². The molecule has 0 aliphatic carbocycles. The fraction of sp³-hybridized carbons (Fsp3) is 0.550. The smallest absolute Gasteiger partial charge is 0.177 e. The number of hydrogen-bond acceptors (Lipinski definition) is 6. The highest BCUT2D eigenvalue weighted by atomic mass is 19.1. The number of halogens is 1. The van der Waals surface area contributed by atoms with Gasteiger partial charge in [-0.3, -0.25) is 0 Å². The second-order valence-electron chi connectivity index (χ2n) is 7.38. The molecule has 0 aromatic heterocycles. The molecule has 0 spiro atoms. The Morgan fingerprint density at radius 1 is 1.50 bits per heavy atom. The number of rotatable bonds is 8. The second kappa shape index (κ2) is 9.64. The van der Waals surface area contributed by atoms with Gasteiger partial charge in [-0.15, -0.1) is 4.91 Å². The number of amidine groups is 1. The van der Waals surface area contributed by atoms with Gasteiger partial charge in [0.25, 0.3) is 0 Å². The molecule has 8 heteroatoms. The molecule has 154 valence electrons. The number of nitrogens with two attached hydrogens (primary N) is 1. The lowest BCUT2D eigenvalue weighted by molar-refractivity contribution is 0.302. The van der Waals surface area contributed by atoms with Crippen LogP contribution in [0.2, 0.25) is 0 Å². The van der Waals surface area contributed by atoms with E-state index >= 15 is 0 Å². The minimum atomic E-state index is -0.452. The van der Waals surface area contributed by atoms with E-state index in [1.54, 1.807) is 13.0 Å². The third-order valence-corrected chi connectivity index (χ3v) is 5.44. The summed E-state index contributed by atoms with van der Waals surface area (Å²) in [4.78, 5) is 11.1. The summed E-state index contributed by atoms with van der Waals surface area (Å²) < 4.78 is 20.1. The average Bonchev–Trinajstić information content (AvgIpc) is 2.71. The summed E-state index contributed by atoms with van der Waals surface area (Å²) in [6.45, 7) is 7.59. The number of nitrogens with one attached hydrogen (secondary N) is 1. The first-order chi connectivity index (χ1) is 13.3. The van der Waals surface area contributed by atoms with E-state index in [-0.39, 0.29) is 36.2 Å². The average molecular weight is 392 g/mol. The predicted molar refractivity (Wildman–Crippen MR) is 107 cm³/mol. The molecule has 1 aliphatic heterocycles. The molecule has 0 saturated carbocycles. The van der Waals surface area contributed by atoms with Gasteiger partial charge in [0.1, 0.15) is 6.61 Å². The van der Waals surface area contributed by atoms with Crippen LogP contribution in [0.15, 0.2) is 28.2 Å². The van der Waals surface area contributed by atoms with Crippen LogP contribution in [0.25, 0.3) is 0 Å². The van der Waals surface area contributed by atoms with Gasteiger partial charge in [0.15, 0.2) is 17.4 Å². The van der Waals surface area contributed by atoms with Crippen LogP contribution in [0.1, 0.15) is 43.4 Å². The van der Waals surface area contributed by atoms with Crippen molar-refractivity contribution in [3.8, 4) is 5.75 Å². The van der Waals surface area contributed by atoms with Crippen LogP contribution in [0, 0.1) is 30.5 Å². The quantitative estimate of drug-likeness (QED) is 0.206. The molecule has 4 N–H and O–H groups in total. The number of nitroso groups, excluding NO2 is 1. The summed E-state index contributed by atoms with van der Waals surface area (Å²) in [5.41, 5.74) is 8.26. The third kappa shape index (κ3) is 4.86. The molecule has 2 rings (SSSR count). The fourth-order valence-electron chi connectivity index (χ4n) is 3.53. The number of nitrogens with zero attached hydrogens (tertiary/aromatic N) is 2. The van der Waals surface area contributed by atoms with E-state index in [4.69, 9.17) is 15.7 Å². The van der Waals surface area contributed by atoms with Crippen LogP contribution in [0.3, 0.4) is 0 Å². The molecule has 0 amide bonds. The zero-order chi connectivity index (χ0) is 20.8. The summed E-state index contributed by atoms with van der Waals surface area (Å²) >= 11 is 0. The van der Waals surface area contributed by atoms with Gasteiger partial charge in [0.2, 0.25) is 0 Å². The molecule has 0 bridgehead atoms. The standard InChI is InChI=1S/C20H29FN4O3/c1-5-11(2)20-16(24-26)7-6-14(23-20)9-15-12(3)8-17(19(21)13(15)4)28-10-18(22)25-27/h7-8,11,14,20,23,27H,5-6,9-10H2,1-4H3,(H2,22,25). The SMILES string of the molecule is CCC(C)C1NC(Cc2c(C)cc(OC/C(N)=N/O)c(F)c2C)CC=C1N=O. The van der Waals surface area contributed by atoms with Crippen molar-refractivity contribution in [1.29, 1.82) is 0 Å². The first-order valence-electron chi connectivity index (χ1n) is 9.49. The van der Waals surface area contributed by atoms with E-state index in [0.29, 0.717) is 24.1 Å². The lowest BCUT2D eigenvalue weighted by Crippen LogP contribution is -2.46. The number of benzene rings is 1. The normalized spacial score (nSPS) is 21.2. The molecule has 7 nitrogen and oxygen atoms in total. The van der Waals surface area contributed by atoms with Crippen molar-refractivity contribution >= 4 is 5.84 Å². The Hall–Kier alpha value is -2.48. The Morgan fingerprint density at radius 3 is 2.82 bits per heavy atom. The van der Waals surface area contributed by atoms with E-state index in [1.807, 2.05) is 13.0 Å². The van der Waals surface area contributed by atoms with Gasteiger partial charge in [-0.2, -0.15) is 0 Å². The zero-order valence-corrected chi connectivity index (χ0v) is 16.8. The molecular weight excluding hydrogens is 363 g/mol. The third-order valence-electron chi connectivity index (χ3n) is 5.44. The van der Waals surface area contributed by atoms with Crippen LogP contribution in [-0.2, 0) is 6.42 Å². The number of aryl methyl sites for hydroxylation is 1. The summed E-state index contributed by atoms with van der Waals surface area (Å²) in [7, 11) is 0. The van der Waals surface area contributed by atoms with E-state index in [0.717, 1.165) is 17.5 Å². The predicted octanol–water partition coefficient (Wildman–Crippen LogP) is 3.54. The molecule has 1 aromatic carbocycles. The molecule has 3 atom stereocenters. The van der Waals surface area contributed by atoms with E-state index < -0.39 is 5.82 Å². The molecule has 1 aliphatic rings. The number of oxime groups is 1. The maximum absolute atomic E-state index is 14.8. The monoisotopic (exact) mass is 392 g/mol. The van der Waals surface area contributed by atoms with E-state index in [2.05, 4.69) is 29.5 Å². The van der Waals surface area contributed by atoms with Crippen LogP contribution >= 0.6 is 0 Å². The fourth-order valence-corrected chi connectivity index (χ4v) is 3.53. The van der Waals surface area contributed by atoms with Crippen molar-refractivity contribution in [3.05, 3.63) is 45.3 Å². The Kier molecular flexibility index (Phi) is 7.51. The molecule has 0 saturated heterocycles. The Balaban J connectivity index is 2.21. The highest BCUT2D eigenvalue weighted by molar-refractivity contribution is 5.81. The molecule has 3 unspecified atom stereocenters. The van der Waals surface area contributed by atoms with Gasteiger partial charge >= 0.3 is 0 Å². The largest absolute Gasteiger partial charge is 0.482 e. The minimum Gasteiger partial charge on any atom is -0.482 e. The van der Waals surface area contributed by atoms with Crippen molar-refractivity contribution in [2.75, 3.05) is 6.61 Å². The second-order valence-corrected chi connectivity index (χ2v) is 7.38. The van der Waals surface area contributed by atoms with Gasteiger partial charge in [0.05, 0.1) is 11.7 Å². The lowest BCUT2D eigenvalue weighted by Gasteiger charge is -2.33. The lowest BCUT2D eigenvalue weighted by atomic mass is 9.88. The van der Waals surface area contributed by atoms with Gasteiger partial charge in [0, 0.05) is 6.04 Å². The number of hydrogen-bond donors (Lipinski definition) is 3. The van der Waals surface area contributed by atoms with E-state index in [1.165, 1.54) is 0 Å². The summed E-state index contributed by atoms with van der Waals surface area (Å²) in [6, 6.07) is 1.63. The molecule has 28 heavy (non-hydrogen) atoms. The molecule has 0 fully saturated rings. The van der Waals surface area contributed by atoms with Crippen molar-refractivity contribution in [2.45, 2.75) is 59.0 Å². The number of ether oxygens (including phenoxy) is 1. The first-order valence-corrected chi connectivity index (χ1v) is 9.49. The van der Waals surface area contributed by atoms with Crippen molar-refractivity contribution in [1.82, 2.24) is 5.32 Å². The van der Waals surface area contributed by atoms with Gasteiger partial charge in [-0.05, 0) is 60.5 Å². The molecule has 1 aromatic rings. The first kappa shape index (κ1) is 21.8. The van der Waals surface area contributed by atoms with Crippen LogP contribution in [0.4, 0.5) is 4.39 Å². The maximum atomic E-state index is 14.8. The van der Waals surface area contributed by atoms with Crippen molar-refractivity contribution < 1.29 is 14.3 Å². The van der Waals surface area contributed by atoms with E-state index in [9.17, 15) is 9.30 Å². The topological polar surface area (TPSA) is 109 Å². The van der Waals surface area contributed by atoms with Crippen LogP contribution in [0.5, 0.6) is 5.75 Å². The van der Waals surface area contributed by atoms with Crippen molar-refractivity contribution in [2.24, 2.45) is 22.0 Å². The molecule has 0 radical (unpaired) electrons. The Labute approximate surface area is 164 Å². The van der Waals surface area contributed by atoms with Gasteiger partial charge in [-0.25, -0.2) is 4.39 Å². The highest BCUT2D eigenvalue weighted by Gasteiger charge is 2.29. The van der Waals surface area contributed by atoms with Gasteiger partial charge < -0.3 is 21.0 Å². The summed E-state index contributed by atoms with van der Waals surface area (Å²) in [5.74, 6) is -0.231. The molecule has 1 heterocycles. The van der Waals surface area contributed by atoms with Gasteiger partial charge in [-0.1, -0.05) is 31.5 Å². The summed E-state index contributed by atoms with van der Waals surface area (Å²) in [6.07, 6.45) is 4.11. The maximum Gasteiger partial charge on any atom is 0.177 e. The summed E-state index contributed by atoms with van der Waals surface area (Å²) in [5, 5.41) is 18.1. The zero-order valence-electron chi connectivity index (χ0n) is 16.8. The minimum absolute atomic E-state index is 0.0757.